The number of nitrogens with two attached hydrogens (primary N) is 1. The van der Waals surface area contributed by atoms with E-state index in [0.29, 0.717) is 5.69 Å². The standard InChI is InChI=1S/C8H10N2.3C2H6/c1-6-2-3-7(5-9)8(10)4-6;3*1-2/h2-5,9H,10H2,1H3;3*1-2H3. The molecule has 16 heavy (non-hydrogen) atoms. The number of benzene rings is 1. The molecule has 1 aromatic rings. The number of anilines is 1. The average Bonchev–Trinajstić information content (AvgIpc) is 2.37. The molecule has 0 fully saturated rings. The van der Waals surface area contributed by atoms with E-state index in [2.05, 4.69) is 0 Å². The molecule has 3 N–H and O–H groups in total. The number of aryl methyl sites for hydroxylation is 1. The van der Waals surface area contributed by atoms with Crippen molar-refractivity contribution in [3.8, 4) is 0 Å². The number of nitrogens with one attached hydrogen (secondary N) is 1. The third kappa shape index (κ3) is 9.25. The molecule has 0 aromatic heterocycles. The van der Waals surface area contributed by atoms with Gasteiger partial charge in [0.1, 0.15) is 0 Å². The number of nitrogen functional groups attached to an aromatic ring is 1. The summed E-state index contributed by atoms with van der Waals surface area (Å²) in [5.41, 5.74) is 8.17. The Morgan fingerprint density at radius 2 is 1.44 bits per heavy atom. The maximum Gasteiger partial charge on any atom is 0.0405 e. The Kier molecular flexibility index (Phi) is 20.3. The lowest BCUT2D eigenvalue weighted by molar-refractivity contribution is 1.45. The van der Waals surface area contributed by atoms with Gasteiger partial charge in [-0.2, -0.15) is 0 Å². The zero-order valence-corrected chi connectivity index (χ0v) is 11.9. The zero-order chi connectivity index (χ0) is 13.6. The molecule has 0 aliphatic heterocycles. The van der Waals surface area contributed by atoms with Crippen molar-refractivity contribution in [1.82, 2.24) is 0 Å². The Balaban J connectivity index is -0.000000245. The molecule has 0 saturated heterocycles. The van der Waals surface area contributed by atoms with Gasteiger partial charge in [0, 0.05) is 17.5 Å². The summed E-state index contributed by atoms with van der Waals surface area (Å²) in [6, 6.07) is 5.65. The number of rotatable bonds is 1. The van der Waals surface area contributed by atoms with Crippen molar-refractivity contribution in [1.29, 1.82) is 5.41 Å². The van der Waals surface area contributed by atoms with Crippen LogP contribution in [0.15, 0.2) is 18.2 Å². The van der Waals surface area contributed by atoms with Crippen LogP contribution in [-0.2, 0) is 0 Å². The smallest absolute Gasteiger partial charge is 0.0405 e. The lowest BCUT2D eigenvalue weighted by atomic mass is 10.1. The minimum atomic E-state index is 0.676. The van der Waals surface area contributed by atoms with Crippen LogP contribution >= 0.6 is 0 Å². The Hall–Kier alpha value is -1.31. The normalized spacial score (nSPS) is 6.94. The van der Waals surface area contributed by atoms with Crippen LogP contribution in [0.4, 0.5) is 5.69 Å². The Morgan fingerprint density at radius 3 is 1.75 bits per heavy atom. The topological polar surface area (TPSA) is 49.9 Å². The fraction of sp³-hybridized carbons (Fsp3) is 0.500. The molecule has 94 valence electrons. The third-order valence-corrected chi connectivity index (χ3v) is 1.40. The average molecular weight is 224 g/mol. The van der Waals surface area contributed by atoms with Gasteiger partial charge in [-0.05, 0) is 18.6 Å². The Bertz CT molecular complexity index is 255. The molecule has 2 heteroatoms. The van der Waals surface area contributed by atoms with E-state index in [9.17, 15) is 0 Å². The second-order valence-corrected chi connectivity index (χ2v) is 2.28. The molecule has 0 bridgehead atoms. The quantitative estimate of drug-likeness (QED) is 0.529. The monoisotopic (exact) mass is 224 g/mol. The summed E-state index contributed by atoms with van der Waals surface area (Å²) >= 11 is 0. The third-order valence-electron chi connectivity index (χ3n) is 1.40. The molecule has 0 spiro atoms. The molecule has 1 rings (SSSR count). The van der Waals surface area contributed by atoms with Crippen molar-refractivity contribution in [2.24, 2.45) is 0 Å². The summed E-state index contributed by atoms with van der Waals surface area (Å²) in [5, 5.41) is 6.95. The van der Waals surface area contributed by atoms with E-state index >= 15 is 0 Å². The first-order chi connectivity index (χ1) is 7.74. The van der Waals surface area contributed by atoms with Gasteiger partial charge in [0.2, 0.25) is 0 Å². The van der Waals surface area contributed by atoms with E-state index in [-0.39, 0.29) is 0 Å². The van der Waals surface area contributed by atoms with Crippen molar-refractivity contribution in [3.63, 3.8) is 0 Å². The van der Waals surface area contributed by atoms with Crippen LogP contribution in [0.5, 0.6) is 0 Å². The van der Waals surface area contributed by atoms with Crippen LogP contribution in [0.2, 0.25) is 0 Å². The second kappa shape index (κ2) is 16.1. The van der Waals surface area contributed by atoms with E-state index in [1.54, 1.807) is 0 Å². The van der Waals surface area contributed by atoms with Crippen LogP contribution in [0.1, 0.15) is 52.7 Å². The summed E-state index contributed by atoms with van der Waals surface area (Å²) in [6.07, 6.45) is 1.26. The first-order valence-electron chi connectivity index (χ1n) is 6.10. The van der Waals surface area contributed by atoms with E-state index in [0.717, 1.165) is 11.1 Å². The zero-order valence-electron chi connectivity index (χ0n) is 11.9. The van der Waals surface area contributed by atoms with Crippen molar-refractivity contribution in [2.45, 2.75) is 48.5 Å². The summed E-state index contributed by atoms with van der Waals surface area (Å²) in [6.45, 7) is 14.0. The second-order valence-electron chi connectivity index (χ2n) is 2.28. The summed E-state index contributed by atoms with van der Waals surface area (Å²) in [4.78, 5) is 0. The minimum Gasteiger partial charge on any atom is -0.398 e. The van der Waals surface area contributed by atoms with Gasteiger partial charge < -0.3 is 11.1 Å². The van der Waals surface area contributed by atoms with E-state index in [1.165, 1.54) is 6.21 Å². The van der Waals surface area contributed by atoms with Crippen molar-refractivity contribution in [3.05, 3.63) is 29.3 Å². The summed E-state index contributed by atoms with van der Waals surface area (Å²) in [7, 11) is 0. The molecule has 0 radical (unpaired) electrons. The fourth-order valence-corrected chi connectivity index (χ4v) is 0.826. The van der Waals surface area contributed by atoms with Gasteiger partial charge in [0.15, 0.2) is 0 Å². The highest BCUT2D eigenvalue weighted by Gasteiger charge is 1.92. The Labute approximate surface area is 101 Å². The van der Waals surface area contributed by atoms with Gasteiger partial charge in [-0.1, -0.05) is 53.7 Å². The molecule has 0 heterocycles. The predicted molar refractivity (Wildman–Crippen MR) is 77.5 cm³/mol. The van der Waals surface area contributed by atoms with Gasteiger partial charge in [-0.25, -0.2) is 0 Å². The molecule has 1 aromatic carbocycles. The van der Waals surface area contributed by atoms with Crippen LogP contribution < -0.4 is 5.73 Å². The largest absolute Gasteiger partial charge is 0.398 e. The first kappa shape index (κ1) is 20.1. The Morgan fingerprint density at radius 1 is 1.00 bits per heavy atom. The summed E-state index contributed by atoms with van der Waals surface area (Å²) < 4.78 is 0. The highest BCUT2D eigenvalue weighted by molar-refractivity contribution is 5.84. The number of hydrogen-bond acceptors (Lipinski definition) is 2. The van der Waals surface area contributed by atoms with E-state index in [4.69, 9.17) is 11.1 Å². The van der Waals surface area contributed by atoms with Crippen LogP contribution in [0, 0.1) is 12.3 Å². The molecule has 0 amide bonds. The minimum absolute atomic E-state index is 0.676. The van der Waals surface area contributed by atoms with Crippen molar-refractivity contribution < 1.29 is 0 Å². The summed E-state index contributed by atoms with van der Waals surface area (Å²) in [5.74, 6) is 0. The molecule has 0 atom stereocenters. The molecule has 0 saturated carbocycles. The molecule has 0 aliphatic rings. The predicted octanol–water partition coefficient (Wildman–Crippen LogP) is 4.65. The van der Waals surface area contributed by atoms with E-state index < -0.39 is 0 Å². The maximum absolute atomic E-state index is 6.95. The van der Waals surface area contributed by atoms with Crippen LogP contribution in [-0.4, -0.2) is 6.21 Å². The molecule has 2 nitrogen and oxygen atoms in total. The lowest BCUT2D eigenvalue weighted by Gasteiger charge is -1.98. The van der Waals surface area contributed by atoms with Gasteiger partial charge >= 0.3 is 0 Å². The van der Waals surface area contributed by atoms with Gasteiger partial charge in [-0.3, -0.25) is 0 Å². The van der Waals surface area contributed by atoms with Crippen LogP contribution in [0.3, 0.4) is 0 Å². The highest BCUT2D eigenvalue weighted by Crippen LogP contribution is 2.10. The molecule has 0 aliphatic carbocycles. The fourth-order valence-electron chi connectivity index (χ4n) is 0.826. The first-order valence-corrected chi connectivity index (χ1v) is 6.10. The number of hydrogen-bond donors (Lipinski definition) is 2. The maximum atomic E-state index is 6.95. The lowest BCUT2D eigenvalue weighted by Crippen LogP contribution is -1.92. The van der Waals surface area contributed by atoms with Crippen molar-refractivity contribution >= 4 is 11.9 Å². The van der Waals surface area contributed by atoms with Gasteiger partial charge in [-0.15, -0.1) is 0 Å². The molecule has 0 unspecified atom stereocenters. The van der Waals surface area contributed by atoms with Gasteiger partial charge in [0.05, 0.1) is 0 Å². The van der Waals surface area contributed by atoms with Crippen LogP contribution in [0.25, 0.3) is 0 Å². The molecular formula is C14H28N2. The van der Waals surface area contributed by atoms with Gasteiger partial charge in [0.25, 0.3) is 0 Å². The molecular weight excluding hydrogens is 196 g/mol. The highest BCUT2D eigenvalue weighted by atomic mass is 14.6. The SMILES string of the molecule is CC.CC.CC.Cc1ccc(C=N)c(N)c1. The van der Waals surface area contributed by atoms with Crippen molar-refractivity contribution in [2.75, 3.05) is 5.73 Å². The van der Waals surface area contributed by atoms with E-state index in [1.807, 2.05) is 66.7 Å².